The maximum absolute atomic E-state index is 13.9. The minimum Gasteiger partial charge on any atom is -0.497 e. The van der Waals surface area contributed by atoms with Gasteiger partial charge in [-0.1, -0.05) is 13.8 Å². The summed E-state index contributed by atoms with van der Waals surface area (Å²) < 4.78 is 31.8. The van der Waals surface area contributed by atoms with Crippen molar-refractivity contribution in [1.29, 1.82) is 0 Å². The fourth-order valence-corrected chi connectivity index (χ4v) is 5.69. The highest BCUT2D eigenvalue weighted by Crippen LogP contribution is 2.54. The summed E-state index contributed by atoms with van der Waals surface area (Å²) in [5.74, 6) is 0.539. The molecule has 0 radical (unpaired) electrons. The van der Waals surface area contributed by atoms with Crippen LogP contribution in [0.1, 0.15) is 33.6 Å². The molecule has 140 valence electrons. The Labute approximate surface area is 149 Å². The van der Waals surface area contributed by atoms with Crippen LogP contribution in [0.2, 0.25) is 0 Å². The van der Waals surface area contributed by atoms with Gasteiger partial charge in [0.25, 0.3) is 0 Å². The molecule has 1 saturated heterocycles. The third kappa shape index (κ3) is 4.63. The topological polar surface area (TPSA) is 65.1 Å². The van der Waals surface area contributed by atoms with Crippen molar-refractivity contribution in [2.24, 2.45) is 5.92 Å². The Balaban J connectivity index is 2.43. The van der Waals surface area contributed by atoms with Crippen LogP contribution in [0, 0.1) is 5.92 Å². The fraction of sp³-hybridized carbons (Fsp3) is 0.611. The number of rotatable bonds is 6. The van der Waals surface area contributed by atoms with Gasteiger partial charge in [0.15, 0.2) is 0 Å². The van der Waals surface area contributed by atoms with Gasteiger partial charge in [-0.25, -0.2) is 4.67 Å². The molecule has 0 aliphatic carbocycles. The lowest BCUT2D eigenvalue weighted by Crippen LogP contribution is -2.42. The molecule has 1 aromatic carbocycles. The first-order valence-corrected chi connectivity index (χ1v) is 10.3. The lowest BCUT2D eigenvalue weighted by Gasteiger charge is -2.36. The second-order valence-electron chi connectivity index (χ2n) is 6.41. The molecule has 0 aromatic heterocycles. The number of hydrogen-bond acceptors (Lipinski definition) is 5. The van der Waals surface area contributed by atoms with Crippen molar-refractivity contribution in [3.05, 3.63) is 24.3 Å². The minimum absolute atomic E-state index is 0.0140. The molecule has 2 atom stereocenters. The Kier molecular flexibility index (Phi) is 7.05. The third-order valence-corrected chi connectivity index (χ3v) is 6.99. The van der Waals surface area contributed by atoms with Gasteiger partial charge in [0.2, 0.25) is 0 Å². The molecule has 0 amide bonds. The van der Waals surface area contributed by atoms with Crippen LogP contribution >= 0.6 is 7.52 Å². The molecule has 7 heteroatoms. The summed E-state index contributed by atoms with van der Waals surface area (Å²) in [6.07, 6.45) is 1.64. The lowest BCUT2D eigenvalue weighted by atomic mass is 9.99. The first-order valence-electron chi connectivity index (χ1n) is 8.74. The normalized spacial score (nSPS) is 24.8. The maximum Gasteiger partial charge on any atom is 0.320 e. The SMILES string of the molecule is CCOC(=O)CN1C(C(C)C)CCCOP1(=O)c1ccc(OC)cc1. The van der Waals surface area contributed by atoms with Gasteiger partial charge >= 0.3 is 13.5 Å². The van der Waals surface area contributed by atoms with E-state index >= 15 is 0 Å². The molecule has 1 aliphatic heterocycles. The zero-order valence-electron chi connectivity index (χ0n) is 15.4. The molecule has 2 unspecified atom stereocenters. The maximum atomic E-state index is 13.9. The monoisotopic (exact) mass is 369 g/mol. The van der Waals surface area contributed by atoms with Crippen LogP contribution in [0.15, 0.2) is 24.3 Å². The van der Waals surface area contributed by atoms with Crippen LogP contribution in [0.25, 0.3) is 0 Å². The Morgan fingerprint density at radius 3 is 2.60 bits per heavy atom. The summed E-state index contributed by atoms with van der Waals surface area (Å²) in [7, 11) is -1.78. The summed E-state index contributed by atoms with van der Waals surface area (Å²) in [6.45, 7) is 6.58. The lowest BCUT2D eigenvalue weighted by molar-refractivity contribution is -0.143. The molecule has 25 heavy (non-hydrogen) atoms. The fourth-order valence-electron chi connectivity index (χ4n) is 3.12. The van der Waals surface area contributed by atoms with E-state index in [-0.39, 0.29) is 24.5 Å². The number of hydrogen-bond donors (Lipinski definition) is 0. The molecule has 0 saturated carbocycles. The van der Waals surface area contributed by atoms with E-state index in [4.69, 9.17) is 14.0 Å². The summed E-state index contributed by atoms with van der Waals surface area (Å²) in [5, 5.41) is 0.574. The molecule has 2 rings (SSSR count). The third-order valence-electron chi connectivity index (χ3n) is 4.40. The number of carbonyl (C=O) groups excluding carboxylic acids is 1. The Morgan fingerprint density at radius 1 is 1.36 bits per heavy atom. The molecular formula is C18H28NO5P. The summed E-state index contributed by atoms with van der Waals surface area (Å²) >= 11 is 0. The van der Waals surface area contributed by atoms with Crippen LogP contribution < -0.4 is 10.0 Å². The molecule has 1 fully saturated rings. The van der Waals surface area contributed by atoms with E-state index in [1.165, 1.54) is 0 Å². The minimum atomic E-state index is -3.36. The van der Waals surface area contributed by atoms with E-state index in [1.54, 1.807) is 43.0 Å². The number of benzene rings is 1. The average Bonchev–Trinajstić information content (AvgIpc) is 2.76. The highest BCUT2D eigenvalue weighted by atomic mass is 31.2. The van der Waals surface area contributed by atoms with Gasteiger partial charge < -0.3 is 14.0 Å². The second-order valence-corrected chi connectivity index (χ2v) is 8.74. The molecule has 0 N–H and O–H groups in total. The predicted octanol–water partition coefficient (Wildman–Crippen LogP) is 3.21. The molecule has 0 spiro atoms. The van der Waals surface area contributed by atoms with Gasteiger partial charge in [-0.05, 0) is 49.9 Å². The van der Waals surface area contributed by atoms with Crippen molar-refractivity contribution < 1.29 is 23.4 Å². The second kappa shape index (κ2) is 8.84. The average molecular weight is 369 g/mol. The van der Waals surface area contributed by atoms with Crippen LogP contribution in [0.5, 0.6) is 5.75 Å². The quantitative estimate of drug-likeness (QED) is 0.567. The summed E-state index contributed by atoms with van der Waals surface area (Å²) in [4.78, 5) is 12.2. The molecular weight excluding hydrogens is 341 g/mol. The number of esters is 1. The van der Waals surface area contributed by atoms with E-state index in [1.807, 2.05) is 0 Å². The van der Waals surface area contributed by atoms with Crippen molar-refractivity contribution in [2.75, 3.05) is 26.9 Å². The van der Waals surface area contributed by atoms with Gasteiger partial charge in [-0.2, -0.15) is 0 Å². The zero-order chi connectivity index (χ0) is 18.4. The van der Waals surface area contributed by atoms with Crippen molar-refractivity contribution in [3.8, 4) is 5.75 Å². The Morgan fingerprint density at radius 2 is 2.04 bits per heavy atom. The van der Waals surface area contributed by atoms with E-state index < -0.39 is 7.52 Å². The molecule has 1 heterocycles. The van der Waals surface area contributed by atoms with Crippen molar-refractivity contribution in [3.63, 3.8) is 0 Å². The van der Waals surface area contributed by atoms with Gasteiger partial charge in [0, 0.05) is 6.04 Å². The van der Waals surface area contributed by atoms with Gasteiger partial charge in [-0.15, -0.1) is 0 Å². The van der Waals surface area contributed by atoms with Crippen LogP contribution in [-0.4, -0.2) is 43.5 Å². The molecule has 1 aliphatic rings. The highest BCUT2D eigenvalue weighted by molar-refractivity contribution is 7.64. The van der Waals surface area contributed by atoms with E-state index in [9.17, 15) is 9.36 Å². The Hall–Kier alpha value is -1.36. The number of nitrogens with zero attached hydrogens (tertiary/aromatic N) is 1. The zero-order valence-corrected chi connectivity index (χ0v) is 16.3. The number of methoxy groups -OCH3 is 1. The first kappa shape index (κ1) is 20.0. The van der Waals surface area contributed by atoms with Crippen LogP contribution in [-0.2, 0) is 18.6 Å². The van der Waals surface area contributed by atoms with Crippen molar-refractivity contribution in [1.82, 2.24) is 4.67 Å². The van der Waals surface area contributed by atoms with Crippen molar-refractivity contribution >= 4 is 18.8 Å². The van der Waals surface area contributed by atoms with Crippen molar-refractivity contribution in [2.45, 2.75) is 39.7 Å². The summed E-state index contributed by atoms with van der Waals surface area (Å²) in [5.41, 5.74) is 0. The molecule has 0 bridgehead atoms. The van der Waals surface area contributed by atoms with Gasteiger partial charge in [0.1, 0.15) is 12.3 Å². The standard InChI is InChI=1S/C18H28NO5P/c1-5-23-18(20)13-19-17(14(2)3)7-6-12-24-25(19,21)16-10-8-15(22-4)9-11-16/h8-11,14,17H,5-7,12-13H2,1-4H3. The number of ether oxygens (including phenoxy) is 2. The van der Waals surface area contributed by atoms with Crippen LogP contribution in [0.3, 0.4) is 0 Å². The number of carbonyl (C=O) groups is 1. The van der Waals surface area contributed by atoms with Crippen LogP contribution in [0.4, 0.5) is 0 Å². The summed E-state index contributed by atoms with van der Waals surface area (Å²) in [6, 6.07) is 7.01. The van der Waals surface area contributed by atoms with Gasteiger partial charge in [0.05, 0.1) is 25.6 Å². The first-order chi connectivity index (χ1) is 11.9. The van der Waals surface area contributed by atoms with E-state index in [0.29, 0.717) is 24.3 Å². The van der Waals surface area contributed by atoms with Gasteiger partial charge in [-0.3, -0.25) is 9.36 Å². The largest absolute Gasteiger partial charge is 0.497 e. The Bertz CT molecular complexity index is 616. The predicted molar refractivity (Wildman–Crippen MR) is 97.4 cm³/mol. The molecule has 1 aromatic rings. The molecule has 6 nitrogen and oxygen atoms in total. The smallest absolute Gasteiger partial charge is 0.320 e. The van der Waals surface area contributed by atoms with E-state index in [0.717, 1.165) is 12.8 Å². The highest BCUT2D eigenvalue weighted by Gasteiger charge is 2.42. The van der Waals surface area contributed by atoms with E-state index in [2.05, 4.69) is 13.8 Å².